The largest absolute Gasteiger partial charge is 0.359 e. The standard InChI is InChI=1S/C13H22N4O/c1-4-15-10-11-6-5-8-16-13(11)17(3)9-7-12(18)14-2/h5-6,8,15H,4,7,9-10H2,1-3H3,(H,14,18). The zero-order valence-electron chi connectivity index (χ0n) is 11.4. The first-order chi connectivity index (χ1) is 8.69. The van der Waals surface area contributed by atoms with Crippen molar-refractivity contribution in [3.63, 3.8) is 0 Å². The van der Waals surface area contributed by atoms with E-state index >= 15 is 0 Å². The summed E-state index contributed by atoms with van der Waals surface area (Å²) in [7, 11) is 3.61. The van der Waals surface area contributed by atoms with Gasteiger partial charge in [0.05, 0.1) is 0 Å². The van der Waals surface area contributed by atoms with Gasteiger partial charge in [0.15, 0.2) is 0 Å². The Labute approximate surface area is 109 Å². The average molecular weight is 250 g/mol. The number of aromatic nitrogens is 1. The van der Waals surface area contributed by atoms with Crippen molar-refractivity contribution in [2.75, 3.05) is 32.1 Å². The lowest BCUT2D eigenvalue weighted by molar-refractivity contribution is -0.120. The second kappa shape index (κ2) is 7.66. The van der Waals surface area contributed by atoms with Crippen molar-refractivity contribution in [2.45, 2.75) is 19.9 Å². The van der Waals surface area contributed by atoms with Crippen LogP contribution >= 0.6 is 0 Å². The highest BCUT2D eigenvalue weighted by molar-refractivity contribution is 5.76. The summed E-state index contributed by atoms with van der Waals surface area (Å²) in [6, 6.07) is 3.99. The molecule has 0 aliphatic rings. The number of rotatable bonds is 7. The molecule has 0 fully saturated rings. The molecule has 0 unspecified atom stereocenters. The monoisotopic (exact) mass is 250 g/mol. The molecule has 2 N–H and O–H groups in total. The lowest BCUT2D eigenvalue weighted by Crippen LogP contribution is -2.28. The Balaban J connectivity index is 2.65. The minimum Gasteiger partial charge on any atom is -0.359 e. The van der Waals surface area contributed by atoms with Gasteiger partial charge in [-0.3, -0.25) is 4.79 Å². The molecule has 5 heteroatoms. The van der Waals surface area contributed by atoms with Gasteiger partial charge in [0.1, 0.15) is 5.82 Å². The van der Waals surface area contributed by atoms with Crippen molar-refractivity contribution in [2.24, 2.45) is 0 Å². The predicted molar refractivity (Wildman–Crippen MR) is 73.6 cm³/mol. The highest BCUT2D eigenvalue weighted by Gasteiger charge is 2.09. The number of hydrogen-bond donors (Lipinski definition) is 2. The van der Waals surface area contributed by atoms with E-state index in [9.17, 15) is 4.79 Å². The number of nitrogens with zero attached hydrogens (tertiary/aromatic N) is 2. The van der Waals surface area contributed by atoms with Crippen molar-refractivity contribution >= 4 is 11.7 Å². The molecule has 0 atom stereocenters. The van der Waals surface area contributed by atoms with Crippen molar-refractivity contribution in [1.82, 2.24) is 15.6 Å². The van der Waals surface area contributed by atoms with E-state index in [1.807, 2.05) is 18.0 Å². The van der Waals surface area contributed by atoms with Crippen LogP contribution in [0.2, 0.25) is 0 Å². The number of hydrogen-bond acceptors (Lipinski definition) is 4. The van der Waals surface area contributed by atoms with Crippen LogP contribution in [0.25, 0.3) is 0 Å². The SMILES string of the molecule is CCNCc1cccnc1N(C)CCC(=O)NC. The zero-order valence-corrected chi connectivity index (χ0v) is 11.4. The molecule has 0 spiro atoms. The van der Waals surface area contributed by atoms with E-state index in [0.29, 0.717) is 13.0 Å². The average Bonchev–Trinajstić information content (AvgIpc) is 2.42. The highest BCUT2D eigenvalue weighted by Crippen LogP contribution is 2.15. The first-order valence-electron chi connectivity index (χ1n) is 6.25. The van der Waals surface area contributed by atoms with Crippen LogP contribution in [0.5, 0.6) is 0 Å². The maximum atomic E-state index is 11.2. The zero-order chi connectivity index (χ0) is 13.4. The van der Waals surface area contributed by atoms with Gasteiger partial charge in [-0.05, 0) is 12.6 Å². The van der Waals surface area contributed by atoms with Gasteiger partial charge < -0.3 is 15.5 Å². The summed E-state index contributed by atoms with van der Waals surface area (Å²) in [6.07, 6.45) is 2.26. The minimum absolute atomic E-state index is 0.0472. The van der Waals surface area contributed by atoms with Gasteiger partial charge in [0.2, 0.25) is 5.91 Å². The third-order valence-electron chi connectivity index (χ3n) is 2.75. The number of amides is 1. The van der Waals surface area contributed by atoms with Crippen LogP contribution in [0, 0.1) is 0 Å². The molecule has 5 nitrogen and oxygen atoms in total. The normalized spacial score (nSPS) is 10.2. The topological polar surface area (TPSA) is 57.3 Å². The molecular weight excluding hydrogens is 228 g/mol. The predicted octanol–water partition coefficient (Wildman–Crippen LogP) is 0.763. The highest BCUT2D eigenvalue weighted by atomic mass is 16.1. The minimum atomic E-state index is 0.0472. The number of carbonyl (C=O) groups excluding carboxylic acids is 1. The molecule has 0 saturated carbocycles. The molecule has 0 saturated heterocycles. The van der Waals surface area contributed by atoms with E-state index in [1.54, 1.807) is 13.2 Å². The summed E-state index contributed by atoms with van der Waals surface area (Å²) in [6.45, 7) is 4.46. The Morgan fingerprint density at radius 3 is 2.94 bits per heavy atom. The molecule has 100 valence electrons. The number of anilines is 1. The summed E-state index contributed by atoms with van der Waals surface area (Å²) in [5.41, 5.74) is 1.15. The Morgan fingerprint density at radius 1 is 1.50 bits per heavy atom. The van der Waals surface area contributed by atoms with Crippen LogP contribution in [0.1, 0.15) is 18.9 Å². The Kier molecular flexibility index (Phi) is 6.14. The first-order valence-corrected chi connectivity index (χ1v) is 6.25. The van der Waals surface area contributed by atoms with E-state index in [0.717, 1.165) is 24.5 Å². The first kappa shape index (κ1) is 14.4. The lowest BCUT2D eigenvalue weighted by Gasteiger charge is -2.20. The molecule has 18 heavy (non-hydrogen) atoms. The lowest BCUT2D eigenvalue weighted by atomic mass is 10.2. The van der Waals surface area contributed by atoms with Crippen LogP contribution in [-0.2, 0) is 11.3 Å². The number of carbonyl (C=O) groups is 1. The molecule has 0 aromatic carbocycles. The maximum absolute atomic E-state index is 11.2. The van der Waals surface area contributed by atoms with Crippen molar-refractivity contribution in [1.29, 1.82) is 0 Å². The molecule has 0 aliphatic carbocycles. The third kappa shape index (κ3) is 4.33. The van der Waals surface area contributed by atoms with Crippen LogP contribution < -0.4 is 15.5 Å². The van der Waals surface area contributed by atoms with Crippen LogP contribution in [0.3, 0.4) is 0 Å². The van der Waals surface area contributed by atoms with Crippen LogP contribution in [0.15, 0.2) is 18.3 Å². The van der Waals surface area contributed by atoms with Crippen LogP contribution in [0.4, 0.5) is 5.82 Å². The molecule has 0 radical (unpaired) electrons. The van der Waals surface area contributed by atoms with Crippen molar-refractivity contribution in [3.05, 3.63) is 23.9 Å². The fourth-order valence-electron chi connectivity index (χ4n) is 1.67. The molecule has 0 aliphatic heterocycles. The fourth-order valence-corrected chi connectivity index (χ4v) is 1.67. The van der Waals surface area contributed by atoms with Crippen molar-refractivity contribution in [3.8, 4) is 0 Å². The van der Waals surface area contributed by atoms with Gasteiger partial charge in [-0.2, -0.15) is 0 Å². The fraction of sp³-hybridized carbons (Fsp3) is 0.538. The quantitative estimate of drug-likeness (QED) is 0.750. The second-order valence-corrected chi connectivity index (χ2v) is 4.11. The van der Waals surface area contributed by atoms with Gasteiger partial charge >= 0.3 is 0 Å². The summed E-state index contributed by atoms with van der Waals surface area (Å²) in [5.74, 6) is 0.980. The Hall–Kier alpha value is -1.62. The van der Waals surface area contributed by atoms with E-state index in [1.165, 1.54) is 0 Å². The number of nitrogens with one attached hydrogen (secondary N) is 2. The van der Waals surface area contributed by atoms with Gasteiger partial charge in [-0.1, -0.05) is 13.0 Å². The molecule has 1 rings (SSSR count). The van der Waals surface area contributed by atoms with Gasteiger partial charge in [0.25, 0.3) is 0 Å². The molecule has 1 aromatic rings. The van der Waals surface area contributed by atoms with Crippen LogP contribution in [-0.4, -0.2) is 38.1 Å². The number of pyridine rings is 1. The van der Waals surface area contributed by atoms with Crippen molar-refractivity contribution < 1.29 is 4.79 Å². The maximum Gasteiger partial charge on any atom is 0.221 e. The molecule has 1 aromatic heterocycles. The van der Waals surface area contributed by atoms with Gasteiger partial charge in [-0.15, -0.1) is 0 Å². The summed E-state index contributed by atoms with van der Waals surface area (Å²) in [4.78, 5) is 17.6. The third-order valence-corrected chi connectivity index (χ3v) is 2.75. The van der Waals surface area contributed by atoms with E-state index in [-0.39, 0.29) is 5.91 Å². The molecule has 0 bridgehead atoms. The van der Waals surface area contributed by atoms with Gasteiger partial charge in [0, 0.05) is 45.4 Å². The second-order valence-electron chi connectivity index (χ2n) is 4.11. The van der Waals surface area contributed by atoms with E-state index in [2.05, 4.69) is 28.6 Å². The summed E-state index contributed by atoms with van der Waals surface area (Å²) >= 11 is 0. The smallest absolute Gasteiger partial charge is 0.221 e. The molecular formula is C13H22N4O. The molecule has 1 heterocycles. The van der Waals surface area contributed by atoms with E-state index in [4.69, 9.17) is 0 Å². The Bertz CT molecular complexity index is 381. The summed E-state index contributed by atoms with van der Waals surface area (Å²) in [5, 5.41) is 5.91. The summed E-state index contributed by atoms with van der Waals surface area (Å²) < 4.78 is 0. The van der Waals surface area contributed by atoms with E-state index < -0.39 is 0 Å². The Morgan fingerprint density at radius 2 is 2.28 bits per heavy atom. The van der Waals surface area contributed by atoms with Gasteiger partial charge in [-0.25, -0.2) is 4.98 Å². The molecule has 1 amide bonds.